The molecule has 0 aliphatic rings. The number of hydrogen-bond acceptors (Lipinski definition) is 2. The summed E-state index contributed by atoms with van der Waals surface area (Å²) in [5.41, 5.74) is 2.41. The number of carbonyl (C=O) groups is 1. The fraction of sp³-hybridized carbons (Fsp3) is 0.154. The fourth-order valence-electron chi connectivity index (χ4n) is 1.48. The summed E-state index contributed by atoms with van der Waals surface area (Å²) in [6.07, 6.45) is 1.45. The highest BCUT2D eigenvalue weighted by Crippen LogP contribution is 2.24. The summed E-state index contributed by atoms with van der Waals surface area (Å²) in [5.74, 6) is 0.546. The van der Waals surface area contributed by atoms with Crippen LogP contribution in [-0.4, -0.2) is 5.91 Å². The molecule has 0 radical (unpaired) electrons. The van der Waals surface area contributed by atoms with Gasteiger partial charge in [0.1, 0.15) is 12.0 Å². The summed E-state index contributed by atoms with van der Waals surface area (Å²) >= 11 is 3.42. The lowest BCUT2D eigenvalue weighted by atomic mass is 10.2. The van der Waals surface area contributed by atoms with Crippen LogP contribution in [0, 0.1) is 13.8 Å². The molecule has 3 nitrogen and oxygen atoms in total. The van der Waals surface area contributed by atoms with Crippen LogP contribution in [0.25, 0.3) is 0 Å². The molecule has 2 rings (SSSR count). The number of hydrogen-bond donors (Lipinski definition) is 1. The molecule has 0 bridgehead atoms. The number of furan rings is 1. The van der Waals surface area contributed by atoms with E-state index in [1.54, 1.807) is 13.0 Å². The van der Waals surface area contributed by atoms with Crippen LogP contribution in [-0.2, 0) is 0 Å². The molecule has 17 heavy (non-hydrogen) atoms. The van der Waals surface area contributed by atoms with Crippen LogP contribution < -0.4 is 5.32 Å². The number of nitrogens with one attached hydrogen (secondary N) is 1. The molecular weight excluding hydrogens is 282 g/mol. The van der Waals surface area contributed by atoms with Crippen LogP contribution in [0.15, 0.2) is 39.4 Å². The number of rotatable bonds is 2. The highest BCUT2D eigenvalue weighted by molar-refractivity contribution is 9.10. The molecule has 0 saturated heterocycles. The molecule has 1 amide bonds. The molecule has 0 saturated carbocycles. The average Bonchev–Trinajstić information content (AvgIpc) is 2.69. The third kappa shape index (κ3) is 2.77. The molecule has 0 unspecified atom stereocenters. The average molecular weight is 294 g/mol. The molecule has 0 aliphatic heterocycles. The second-order valence-corrected chi connectivity index (χ2v) is 4.74. The zero-order chi connectivity index (χ0) is 12.4. The van der Waals surface area contributed by atoms with Gasteiger partial charge >= 0.3 is 0 Å². The third-order valence-electron chi connectivity index (χ3n) is 2.37. The second-order valence-electron chi connectivity index (χ2n) is 3.88. The molecule has 0 fully saturated rings. The lowest BCUT2D eigenvalue weighted by Crippen LogP contribution is -2.11. The van der Waals surface area contributed by atoms with Crippen molar-refractivity contribution < 1.29 is 9.21 Å². The van der Waals surface area contributed by atoms with E-state index in [0.29, 0.717) is 5.56 Å². The Labute approximate surface area is 108 Å². The second kappa shape index (κ2) is 4.75. The number of carbonyl (C=O) groups excluding carboxylic acids is 1. The van der Waals surface area contributed by atoms with Gasteiger partial charge in [0.25, 0.3) is 5.91 Å². The van der Waals surface area contributed by atoms with Crippen molar-refractivity contribution in [3.8, 4) is 0 Å². The van der Waals surface area contributed by atoms with E-state index in [1.165, 1.54) is 6.26 Å². The lowest BCUT2D eigenvalue weighted by molar-refractivity contribution is 0.102. The summed E-state index contributed by atoms with van der Waals surface area (Å²) in [6.45, 7) is 3.80. The van der Waals surface area contributed by atoms with Crippen LogP contribution in [0.3, 0.4) is 0 Å². The Morgan fingerprint density at radius 3 is 2.65 bits per heavy atom. The SMILES string of the molecule is Cc1ccc(NC(=O)c2coc(C)c2)c(Br)c1. The van der Waals surface area contributed by atoms with Crippen molar-refractivity contribution in [3.63, 3.8) is 0 Å². The van der Waals surface area contributed by atoms with Crippen molar-refractivity contribution in [1.82, 2.24) is 0 Å². The number of benzene rings is 1. The van der Waals surface area contributed by atoms with Crippen LogP contribution in [0.1, 0.15) is 21.7 Å². The molecule has 2 aromatic rings. The summed E-state index contributed by atoms with van der Waals surface area (Å²) in [4.78, 5) is 11.9. The first-order valence-corrected chi connectivity index (χ1v) is 5.98. The molecular formula is C13H12BrNO2. The third-order valence-corrected chi connectivity index (χ3v) is 3.02. The Bertz CT molecular complexity index is 560. The standard InChI is InChI=1S/C13H12BrNO2/c1-8-3-4-12(11(14)5-8)15-13(16)10-6-9(2)17-7-10/h3-7H,1-2H3,(H,15,16). The van der Waals surface area contributed by atoms with Crippen LogP contribution >= 0.6 is 15.9 Å². The van der Waals surface area contributed by atoms with E-state index >= 15 is 0 Å². The topological polar surface area (TPSA) is 42.2 Å². The summed E-state index contributed by atoms with van der Waals surface area (Å²) in [6, 6.07) is 7.47. The van der Waals surface area contributed by atoms with Gasteiger partial charge in [-0.05, 0) is 53.5 Å². The predicted octanol–water partition coefficient (Wildman–Crippen LogP) is 3.91. The van der Waals surface area contributed by atoms with Crippen molar-refractivity contribution in [2.75, 3.05) is 5.32 Å². The van der Waals surface area contributed by atoms with Crippen molar-refractivity contribution in [1.29, 1.82) is 0 Å². The van der Waals surface area contributed by atoms with E-state index in [9.17, 15) is 4.79 Å². The smallest absolute Gasteiger partial charge is 0.258 e. The maximum atomic E-state index is 11.9. The van der Waals surface area contributed by atoms with Crippen molar-refractivity contribution in [2.24, 2.45) is 0 Å². The highest BCUT2D eigenvalue weighted by Gasteiger charge is 2.10. The number of aryl methyl sites for hydroxylation is 2. The Hall–Kier alpha value is -1.55. The molecule has 0 spiro atoms. The minimum Gasteiger partial charge on any atom is -0.469 e. The Kier molecular flexibility index (Phi) is 3.33. The minimum absolute atomic E-state index is 0.175. The number of amides is 1. The molecule has 0 aliphatic carbocycles. The Balaban J connectivity index is 2.18. The van der Waals surface area contributed by atoms with Gasteiger partial charge in [-0.1, -0.05) is 6.07 Å². The Morgan fingerprint density at radius 2 is 2.06 bits per heavy atom. The Morgan fingerprint density at radius 1 is 1.29 bits per heavy atom. The van der Waals surface area contributed by atoms with E-state index in [2.05, 4.69) is 21.2 Å². The van der Waals surface area contributed by atoms with Crippen molar-refractivity contribution in [2.45, 2.75) is 13.8 Å². The maximum absolute atomic E-state index is 11.9. The van der Waals surface area contributed by atoms with Gasteiger partial charge in [0.2, 0.25) is 0 Å². The summed E-state index contributed by atoms with van der Waals surface area (Å²) in [7, 11) is 0. The monoisotopic (exact) mass is 293 g/mol. The first kappa shape index (κ1) is 11.9. The van der Waals surface area contributed by atoms with Gasteiger partial charge in [-0.25, -0.2) is 0 Å². The normalized spacial score (nSPS) is 10.3. The first-order chi connectivity index (χ1) is 8.06. The van der Waals surface area contributed by atoms with E-state index in [1.807, 2.05) is 25.1 Å². The number of halogens is 1. The minimum atomic E-state index is -0.175. The van der Waals surface area contributed by atoms with E-state index in [4.69, 9.17) is 4.42 Å². The quantitative estimate of drug-likeness (QED) is 0.912. The molecule has 1 aromatic carbocycles. The lowest BCUT2D eigenvalue weighted by Gasteiger charge is -2.06. The first-order valence-electron chi connectivity index (χ1n) is 5.19. The molecule has 1 heterocycles. The molecule has 4 heteroatoms. The molecule has 1 aromatic heterocycles. The van der Waals surface area contributed by atoms with Gasteiger partial charge in [0.15, 0.2) is 0 Å². The zero-order valence-electron chi connectivity index (χ0n) is 9.58. The molecule has 1 N–H and O–H groups in total. The van der Waals surface area contributed by atoms with Crippen molar-refractivity contribution >= 4 is 27.5 Å². The zero-order valence-corrected chi connectivity index (χ0v) is 11.2. The predicted molar refractivity (Wildman–Crippen MR) is 70.3 cm³/mol. The van der Waals surface area contributed by atoms with Crippen LogP contribution in [0.4, 0.5) is 5.69 Å². The fourth-order valence-corrected chi connectivity index (χ4v) is 2.07. The number of anilines is 1. The molecule has 88 valence electrons. The van der Waals surface area contributed by atoms with E-state index < -0.39 is 0 Å². The van der Waals surface area contributed by atoms with Crippen LogP contribution in [0.5, 0.6) is 0 Å². The highest BCUT2D eigenvalue weighted by atomic mass is 79.9. The van der Waals surface area contributed by atoms with Gasteiger partial charge in [0.05, 0.1) is 11.3 Å². The van der Waals surface area contributed by atoms with Crippen molar-refractivity contribution in [3.05, 3.63) is 51.9 Å². The van der Waals surface area contributed by atoms with E-state index in [0.717, 1.165) is 21.5 Å². The largest absolute Gasteiger partial charge is 0.469 e. The van der Waals surface area contributed by atoms with Crippen LogP contribution in [0.2, 0.25) is 0 Å². The van der Waals surface area contributed by atoms with Gasteiger partial charge in [-0.15, -0.1) is 0 Å². The maximum Gasteiger partial charge on any atom is 0.258 e. The van der Waals surface area contributed by atoms with Gasteiger partial charge in [-0.2, -0.15) is 0 Å². The summed E-state index contributed by atoms with van der Waals surface area (Å²) in [5, 5.41) is 2.82. The summed E-state index contributed by atoms with van der Waals surface area (Å²) < 4.78 is 5.97. The van der Waals surface area contributed by atoms with E-state index in [-0.39, 0.29) is 5.91 Å². The van der Waals surface area contributed by atoms with Gasteiger partial charge in [0, 0.05) is 4.47 Å². The van der Waals surface area contributed by atoms with Gasteiger partial charge in [-0.3, -0.25) is 4.79 Å². The van der Waals surface area contributed by atoms with Gasteiger partial charge < -0.3 is 9.73 Å². The molecule has 0 atom stereocenters.